The van der Waals surface area contributed by atoms with Gasteiger partial charge >= 0.3 is 5.97 Å². The fourth-order valence-corrected chi connectivity index (χ4v) is 5.22. The van der Waals surface area contributed by atoms with Gasteiger partial charge in [0.1, 0.15) is 18.2 Å². The molecule has 0 bridgehead atoms. The van der Waals surface area contributed by atoms with E-state index in [4.69, 9.17) is 21.1 Å². The third-order valence-electron chi connectivity index (χ3n) is 7.48. The highest BCUT2D eigenvalue weighted by molar-refractivity contribution is 6.30. The van der Waals surface area contributed by atoms with Crippen LogP contribution in [0.4, 0.5) is 15.9 Å². The van der Waals surface area contributed by atoms with Crippen LogP contribution in [0.3, 0.4) is 0 Å². The second-order valence-corrected chi connectivity index (χ2v) is 11.3. The number of benzene rings is 2. The first-order valence-corrected chi connectivity index (χ1v) is 14.7. The van der Waals surface area contributed by atoms with E-state index in [1.165, 1.54) is 12.3 Å². The minimum absolute atomic E-state index is 0.0471. The summed E-state index contributed by atoms with van der Waals surface area (Å²) in [4.78, 5) is 23.0. The summed E-state index contributed by atoms with van der Waals surface area (Å²) in [5.74, 6) is -0.197. The van der Waals surface area contributed by atoms with Crippen molar-refractivity contribution in [2.45, 2.75) is 33.4 Å². The monoisotopic (exact) mass is 620 g/mol. The summed E-state index contributed by atoms with van der Waals surface area (Å²) in [5, 5.41) is 9.96. The lowest BCUT2D eigenvalue weighted by Gasteiger charge is -2.42. The summed E-state index contributed by atoms with van der Waals surface area (Å²) in [6.07, 6.45) is 2.98. The fourth-order valence-electron chi connectivity index (χ4n) is 5.06. The number of hydrogen-bond acceptors (Lipinski definition) is 7. The van der Waals surface area contributed by atoms with Gasteiger partial charge in [0, 0.05) is 66.8 Å². The molecule has 4 rings (SSSR count). The second kappa shape index (κ2) is 14.9. The number of pyridine rings is 1. The van der Waals surface area contributed by atoms with E-state index in [9.17, 15) is 14.3 Å². The summed E-state index contributed by atoms with van der Waals surface area (Å²) < 4.78 is 25.3. The number of rotatable bonds is 13. The van der Waals surface area contributed by atoms with Gasteiger partial charge in [-0.15, -0.1) is 0 Å². The zero-order valence-electron chi connectivity index (χ0n) is 25.3. The second-order valence-electron chi connectivity index (χ2n) is 10.8. The molecule has 0 radical (unpaired) electrons. The lowest BCUT2D eigenvalue weighted by molar-refractivity contribution is 0.0697. The van der Waals surface area contributed by atoms with Gasteiger partial charge in [0.2, 0.25) is 5.88 Å². The molecule has 1 aliphatic heterocycles. The predicted octanol–water partition coefficient (Wildman–Crippen LogP) is 7.05. The molecule has 1 atom stereocenters. The summed E-state index contributed by atoms with van der Waals surface area (Å²) in [7, 11) is 0. The number of halogens is 2. The molecular formula is C34H38ClFN4O4. The van der Waals surface area contributed by atoms with Gasteiger partial charge in [0.05, 0.1) is 18.1 Å². The lowest BCUT2D eigenvalue weighted by atomic mass is 10.1. The Balaban J connectivity index is 1.44. The number of aryl methyl sites for hydroxylation is 1. The topological polar surface area (TPSA) is 78.4 Å². The van der Waals surface area contributed by atoms with E-state index in [0.29, 0.717) is 29.6 Å². The van der Waals surface area contributed by atoms with Crippen LogP contribution in [-0.4, -0.2) is 59.7 Å². The van der Waals surface area contributed by atoms with Crippen LogP contribution in [0.25, 0.3) is 0 Å². The molecule has 10 heteroatoms. The van der Waals surface area contributed by atoms with Crippen LogP contribution in [0.15, 0.2) is 91.5 Å². The first-order chi connectivity index (χ1) is 21.0. The maximum atomic E-state index is 14.2. The van der Waals surface area contributed by atoms with Crippen LogP contribution < -0.4 is 14.5 Å². The SMILES string of the molecule is C=CO/C=C(\C)CN(C(=C)CN1CCN(c2cccc(OCc3ccc(Cl)cc3F)n2)C[C@H]1C)c1cc(C(=O)O)ccc1C. The molecule has 1 aliphatic rings. The number of carboxylic acids is 1. The van der Waals surface area contributed by atoms with Crippen LogP contribution >= 0.6 is 11.6 Å². The molecule has 0 spiro atoms. The zero-order valence-corrected chi connectivity index (χ0v) is 26.1. The average Bonchev–Trinajstić information content (AvgIpc) is 2.99. The van der Waals surface area contributed by atoms with Crippen molar-refractivity contribution in [3.8, 4) is 5.88 Å². The quantitative estimate of drug-likeness (QED) is 0.204. The van der Waals surface area contributed by atoms with Crippen molar-refractivity contribution >= 4 is 29.1 Å². The highest BCUT2D eigenvalue weighted by Gasteiger charge is 2.27. The van der Waals surface area contributed by atoms with Gasteiger partial charge in [0.15, 0.2) is 0 Å². The molecule has 0 aliphatic carbocycles. The number of aromatic carboxylic acids is 1. The molecule has 1 aromatic heterocycles. The number of ether oxygens (including phenoxy) is 2. The Morgan fingerprint density at radius 1 is 1.23 bits per heavy atom. The van der Waals surface area contributed by atoms with Gasteiger partial charge in [-0.05, 0) is 62.2 Å². The summed E-state index contributed by atoms with van der Waals surface area (Å²) in [6.45, 7) is 17.4. The first kappa shape index (κ1) is 32.6. The van der Waals surface area contributed by atoms with Crippen LogP contribution in [0.2, 0.25) is 5.02 Å². The highest BCUT2D eigenvalue weighted by Crippen LogP contribution is 2.28. The molecule has 232 valence electrons. The first-order valence-electron chi connectivity index (χ1n) is 14.3. The molecule has 3 aromatic rings. The van der Waals surface area contributed by atoms with Gasteiger partial charge in [-0.25, -0.2) is 9.18 Å². The Morgan fingerprint density at radius 3 is 2.73 bits per heavy atom. The Kier molecular flexibility index (Phi) is 11.0. The molecule has 2 aromatic carbocycles. The number of piperazine rings is 1. The summed E-state index contributed by atoms with van der Waals surface area (Å²) in [5.41, 5.74) is 4.11. The maximum Gasteiger partial charge on any atom is 0.335 e. The smallest absolute Gasteiger partial charge is 0.335 e. The molecule has 1 saturated heterocycles. The number of carbonyl (C=O) groups is 1. The minimum atomic E-state index is -0.982. The number of anilines is 2. The molecule has 0 amide bonds. The Labute approximate surface area is 263 Å². The largest absolute Gasteiger partial charge is 0.478 e. The Hall–Kier alpha value is -4.34. The number of aromatic nitrogens is 1. The van der Waals surface area contributed by atoms with Crippen molar-refractivity contribution in [2.24, 2.45) is 0 Å². The van der Waals surface area contributed by atoms with Crippen molar-refractivity contribution in [3.05, 3.63) is 119 Å². The van der Waals surface area contributed by atoms with Crippen LogP contribution in [0.5, 0.6) is 5.88 Å². The van der Waals surface area contributed by atoms with Gasteiger partial charge in [-0.1, -0.05) is 43.0 Å². The van der Waals surface area contributed by atoms with Crippen molar-refractivity contribution in [1.82, 2.24) is 9.88 Å². The summed E-state index contributed by atoms with van der Waals surface area (Å²) in [6, 6.07) is 15.4. The van der Waals surface area contributed by atoms with Crippen LogP contribution in [-0.2, 0) is 11.3 Å². The van der Waals surface area contributed by atoms with Gasteiger partial charge in [-0.3, -0.25) is 4.90 Å². The number of nitrogens with zero attached hydrogens (tertiary/aromatic N) is 4. The third-order valence-corrected chi connectivity index (χ3v) is 7.71. The normalized spacial score (nSPS) is 15.5. The van der Waals surface area contributed by atoms with E-state index in [1.54, 1.807) is 36.6 Å². The number of carboxylic acid groups (broad SMARTS) is 1. The molecule has 1 N–H and O–H groups in total. The number of hydrogen-bond donors (Lipinski definition) is 1. The van der Waals surface area contributed by atoms with Crippen molar-refractivity contribution < 1.29 is 23.8 Å². The molecule has 1 fully saturated rings. The van der Waals surface area contributed by atoms with E-state index in [-0.39, 0.29) is 18.2 Å². The van der Waals surface area contributed by atoms with E-state index >= 15 is 0 Å². The van der Waals surface area contributed by atoms with Crippen molar-refractivity contribution in [1.29, 1.82) is 0 Å². The van der Waals surface area contributed by atoms with Gasteiger partial charge < -0.3 is 24.4 Å². The van der Waals surface area contributed by atoms with E-state index in [2.05, 4.69) is 34.9 Å². The van der Waals surface area contributed by atoms with Crippen molar-refractivity contribution in [3.63, 3.8) is 0 Å². The molecule has 8 nitrogen and oxygen atoms in total. The van der Waals surface area contributed by atoms with E-state index in [1.807, 2.05) is 36.9 Å². The molecule has 0 unspecified atom stereocenters. The third kappa shape index (κ3) is 8.39. The van der Waals surface area contributed by atoms with E-state index in [0.717, 1.165) is 48.0 Å². The fraction of sp³-hybridized carbons (Fsp3) is 0.294. The van der Waals surface area contributed by atoms with Gasteiger partial charge in [0.25, 0.3) is 0 Å². The highest BCUT2D eigenvalue weighted by atomic mass is 35.5. The lowest BCUT2D eigenvalue weighted by Crippen LogP contribution is -2.53. The molecule has 44 heavy (non-hydrogen) atoms. The van der Waals surface area contributed by atoms with Crippen LogP contribution in [0, 0.1) is 12.7 Å². The maximum absolute atomic E-state index is 14.2. The zero-order chi connectivity index (χ0) is 31.8. The minimum Gasteiger partial charge on any atom is -0.478 e. The predicted molar refractivity (Wildman–Crippen MR) is 173 cm³/mol. The summed E-state index contributed by atoms with van der Waals surface area (Å²) >= 11 is 5.85. The van der Waals surface area contributed by atoms with Gasteiger partial charge in [-0.2, -0.15) is 4.98 Å². The van der Waals surface area contributed by atoms with Crippen molar-refractivity contribution in [2.75, 3.05) is 42.5 Å². The van der Waals surface area contributed by atoms with E-state index < -0.39 is 11.8 Å². The van der Waals surface area contributed by atoms with Crippen LogP contribution in [0.1, 0.15) is 35.3 Å². The standard InChI is InChI=1S/C34H38ClFN4O4/c1-6-43-21-23(2)18-40(31-16-27(34(41)42)11-10-24(31)3)26(5)20-38-14-15-39(19-25(38)4)32-8-7-9-33(37-32)44-22-28-12-13-29(35)17-30(28)36/h6-13,16-17,21,25H,1,5,14-15,18-20,22H2,2-4H3,(H,41,42)/b23-21+/t25-/m1/s1. The Morgan fingerprint density at radius 2 is 2.02 bits per heavy atom. The molecule has 2 heterocycles. The Bertz CT molecular complexity index is 1550. The molecular weight excluding hydrogens is 583 g/mol. The average molecular weight is 621 g/mol. The molecule has 0 saturated carbocycles.